The first-order valence-corrected chi connectivity index (χ1v) is 6.20. The molecule has 1 aliphatic carbocycles. The fourth-order valence-corrected chi connectivity index (χ4v) is 2.87. The molecule has 17 heavy (non-hydrogen) atoms. The van der Waals surface area contributed by atoms with E-state index in [-0.39, 0.29) is 5.54 Å². The second-order valence-electron chi connectivity index (χ2n) is 5.08. The molecule has 0 heterocycles. The average Bonchev–Trinajstić information content (AvgIpc) is 2.77. The SMILES string of the molecule is NC1(c2ccc3c(O)cccc3c2)CCCC1. The molecule has 3 N–H and O–H groups in total. The number of aromatic hydroxyl groups is 1. The lowest BCUT2D eigenvalue weighted by molar-refractivity contribution is 0.462. The van der Waals surface area contributed by atoms with Gasteiger partial charge < -0.3 is 10.8 Å². The molecular weight excluding hydrogens is 210 g/mol. The van der Waals surface area contributed by atoms with E-state index in [9.17, 15) is 5.11 Å². The minimum atomic E-state index is -0.153. The summed E-state index contributed by atoms with van der Waals surface area (Å²) in [5.74, 6) is 0.339. The number of fused-ring (bicyclic) bond motifs is 1. The van der Waals surface area contributed by atoms with Gasteiger partial charge in [-0.05, 0) is 35.9 Å². The van der Waals surface area contributed by atoms with Crippen LogP contribution in [0.25, 0.3) is 10.8 Å². The van der Waals surface area contributed by atoms with Crippen LogP contribution in [0.3, 0.4) is 0 Å². The van der Waals surface area contributed by atoms with Crippen LogP contribution in [0.15, 0.2) is 36.4 Å². The van der Waals surface area contributed by atoms with Gasteiger partial charge in [-0.15, -0.1) is 0 Å². The highest BCUT2D eigenvalue weighted by Gasteiger charge is 2.31. The fraction of sp³-hybridized carbons (Fsp3) is 0.333. The Balaban J connectivity index is 2.14. The first-order chi connectivity index (χ1) is 8.19. The van der Waals surface area contributed by atoms with Gasteiger partial charge in [0.1, 0.15) is 5.75 Å². The van der Waals surface area contributed by atoms with E-state index in [0.29, 0.717) is 5.75 Å². The van der Waals surface area contributed by atoms with E-state index in [1.165, 1.54) is 18.4 Å². The van der Waals surface area contributed by atoms with Crippen molar-refractivity contribution in [3.63, 3.8) is 0 Å². The number of phenolic OH excluding ortho intramolecular Hbond substituents is 1. The Kier molecular flexibility index (Phi) is 2.33. The van der Waals surface area contributed by atoms with Gasteiger partial charge in [0, 0.05) is 10.9 Å². The Morgan fingerprint density at radius 3 is 2.59 bits per heavy atom. The van der Waals surface area contributed by atoms with E-state index in [2.05, 4.69) is 12.1 Å². The summed E-state index contributed by atoms with van der Waals surface area (Å²) in [4.78, 5) is 0. The zero-order valence-electron chi connectivity index (χ0n) is 9.82. The van der Waals surface area contributed by atoms with Gasteiger partial charge in [-0.2, -0.15) is 0 Å². The van der Waals surface area contributed by atoms with Gasteiger partial charge in [0.05, 0.1) is 0 Å². The van der Waals surface area contributed by atoms with Crippen molar-refractivity contribution in [2.45, 2.75) is 31.2 Å². The topological polar surface area (TPSA) is 46.2 Å². The number of hydrogen-bond acceptors (Lipinski definition) is 2. The molecule has 3 rings (SSSR count). The summed E-state index contributed by atoms with van der Waals surface area (Å²) < 4.78 is 0. The number of benzene rings is 2. The van der Waals surface area contributed by atoms with Crippen LogP contribution in [-0.2, 0) is 5.54 Å². The molecule has 88 valence electrons. The summed E-state index contributed by atoms with van der Waals surface area (Å²) in [6, 6.07) is 11.8. The van der Waals surface area contributed by atoms with E-state index in [0.717, 1.165) is 23.6 Å². The van der Waals surface area contributed by atoms with E-state index in [1.807, 2.05) is 18.2 Å². The van der Waals surface area contributed by atoms with Gasteiger partial charge in [-0.25, -0.2) is 0 Å². The van der Waals surface area contributed by atoms with Crippen molar-refractivity contribution in [2.24, 2.45) is 5.73 Å². The summed E-state index contributed by atoms with van der Waals surface area (Å²) in [5.41, 5.74) is 7.50. The predicted octanol–water partition coefficient (Wildman–Crippen LogP) is 3.27. The van der Waals surface area contributed by atoms with Gasteiger partial charge in [-0.1, -0.05) is 37.1 Å². The monoisotopic (exact) mass is 227 g/mol. The maximum absolute atomic E-state index is 9.76. The summed E-state index contributed by atoms with van der Waals surface area (Å²) in [6.45, 7) is 0. The van der Waals surface area contributed by atoms with E-state index >= 15 is 0 Å². The molecule has 0 spiro atoms. The van der Waals surface area contributed by atoms with Crippen LogP contribution in [0.1, 0.15) is 31.2 Å². The van der Waals surface area contributed by atoms with Crippen LogP contribution in [-0.4, -0.2) is 5.11 Å². The Labute approximate surface area is 101 Å². The van der Waals surface area contributed by atoms with Crippen molar-refractivity contribution < 1.29 is 5.11 Å². The second-order valence-corrected chi connectivity index (χ2v) is 5.08. The largest absolute Gasteiger partial charge is 0.507 e. The molecule has 2 nitrogen and oxygen atoms in total. The van der Waals surface area contributed by atoms with Crippen molar-refractivity contribution >= 4 is 10.8 Å². The molecule has 0 aliphatic heterocycles. The van der Waals surface area contributed by atoms with Gasteiger partial charge in [0.25, 0.3) is 0 Å². The van der Waals surface area contributed by atoms with Crippen LogP contribution in [0.4, 0.5) is 0 Å². The molecule has 1 saturated carbocycles. The highest BCUT2D eigenvalue weighted by Crippen LogP contribution is 2.38. The Hall–Kier alpha value is -1.54. The van der Waals surface area contributed by atoms with Crippen LogP contribution in [0.5, 0.6) is 5.75 Å². The quantitative estimate of drug-likeness (QED) is 0.785. The lowest BCUT2D eigenvalue weighted by Crippen LogP contribution is -2.32. The summed E-state index contributed by atoms with van der Waals surface area (Å²) in [7, 11) is 0. The predicted molar refractivity (Wildman–Crippen MR) is 69.9 cm³/mol. The maximum atomic E-state index is 9.76. The van der Waals surface area contributed by atoms with Gasteiger partial charge in [0.2, 0.25) is 0 Å². The maximum Gasteiger partial charge on any atom is 0.123 e. The molecule has 1 fully saturated rings. The van der Waals surface area contributed by atoms with Gasteiger partial charge in [-0.3, -0.25) is 0 Å². The third-order valence-electron chi connectivity index (χ3n) is 3.93. The lowest BCUT2D eigenvalue weighted by atomic mass is 9.88. The van der Waals surface area contributed by atoms with Crippen LogP contribution in [0.2, 0.25) is 0 Å². The van der Waals surface area contributed by atoms with E-state index in [4.69, 9.17) is 5.73 Å². The first-order valence-electron chi connectivity index (χ1n) is 6.20. The van der Waals surface area contributed by atoms with Crippen molar-refractivity contribution in [1.82, 2.24) is 0 Å². The third kappa shape index (κ3) is 1.69. The molecule has 0 amide bonds. The summed E-state index contributed by atoms with van der Waals surface area (Å²) >= 11 is 0. The standard InChI is InChI=1S/C15H17NO/c16-15(8-1-2-9-15)12-6-7-13-11(10-12)4-3-5-14(13)17/h3-7,10,17H,1-2,8-9,16H2. The fourth-order valence-electron chi connectivity index (χ4n) is 2.87. The lowest BCUT2D eigenvalue weighted by Gasteiger charge is -2.24. The van der Waals surface area contributed by atoms with E-state index < -0.39 is 0 Å². The van der Waals surface area contributed by atoms with Gasteiger partial charge in [0.15, 0.2) is 0 Å². The number of rotatable bonds is 1. The zero-order valence-corrected chi connectivity index (χ0v) is 9.82. The Morgan fingerprint density at radius 2 is 1.82 bits per heavy atom. The molecule has 2 aromatic rings. The minimum Gasteiger partial charge on any atom is -0.507 e. The molecule has 0 unspecified atom stereocenters. The summed E-state index contributed by atoms with van der Waals surface area (Å²) in [5, 5.41) is 11.7. The molecule has 1 aliphatic rings. The van der Waals surface area contributed by atoms with Crippen molar-refractivity contribution in [3.8, 4) is 5.75 Å². The Bertz CT molecular complexity index is 556. The average molecular weight is 227 g/mol. The molecule has 0 aromatic heterocycles. The van der Waals surface area contributed by atoms with Gasteiger partial charge >= 0.3 is 0 Å². The van der Waals surface area contributed by atoms with E-state index in [1.54, 1.807) is 6.07 Å². The highest BCUT2D eigenvalue weighted by molar-refractivity contribution is 5.88. The molecular formula is C15H17NO. The summed E-state index contributed by atoms with van der Waals surface area (Å²) in [6.07, 6.45) is 4.57. The van der Waals surface area contributed by atoms with Crippen LogP contribution >= 0.6 is 0 Å². The van der Waals surface area contributed by atoms with Crippen LogP contribution < -0.4 is 5.73 Å². The number of nitrogens with two attached hydrogens (primary N) is 1. The Morgan fingerprint density at radius 1 is 1.06 bits per heavy atom. The van der Waals surface area contributed by atoms with Crippen molar-refractivity contribution in [2.75, 3.05) is 0 Å². The first kappa shape index (κ1) is 10.6. The molecule has 0 saturated heterocycles. The third-order valence-corrected chi connectivity index (χ3v) is 3.93. The second kappa shape index (κ2) is 3.74. The van der Waals surface area contributed by atoms with Crippen molar-refractivity contribution in [3.05, 3.63) is 42.0 Å². The number of hydrogen-bond donors (Lipinski definition) is 2. The molecule has 2 heteroatoms. The number of phenols is 1. The normalized spacial score (nSPS) is 18.6. The molecule has 0 radical (unpaired) electrons. The minimum absolute atomic E-state index is 0.153. The smallest absolute Gasteiger partial charge is 0.123 e. The van der Waals surface area contributed by atoms with Crippen LogP contribution in [0, 0.1) is 0 Å². The zero-order chi connectivity index (χ0) is 11.9. The molecule has 0 bridgehead atoms. The van der Waals surface area contributed by atoms with Crippen molar-refractivity contribution in [1.29, 1.82) is 0 Å². The molecule has 0 atom stereocenters. The highest BCUT2D eigenvalue weighted by atomic mass is 16.3. The molecule has 2 aromatic carbocycles.